The van der Waals surface area contributed by atoms with Crippen molar-refractivity contribution in [2.45, 2.75) is 19.6 Å². The first-order valence-electron chi connectivity index (χ1n) is 10.5. The summed E-state index contributed by atoms with van der Waals surface area (Å²) in [6, 6.07) is 20.0. The largest absolute Gasteiger partial charge is 0.449 e. The van der Waals surface area contributed by atoms with Gasteiger partial charge >= 0.3 is 5.97 Å². The van der Waals surface area contributed by atoms with Gasteiger partial charge in [0.15, 0.2) is 6.10 Å². The molecule has 0 spiro atoms. The van der Waals surface area contributed by atoms with E-state index in [0.717, 1.165) is 24.3 Å². The summed E-state index contributed by atoms with van der Waals surface area (Å²) in [4.78, 5) is 29.3. The zero-order valence-corrected chi connectivity index (χ0v) is 17.6. The zero-order chi connectivity index (χ0) is 21.6. The first-order valence-corrected chi connectivity index (χ1v) is 10.5. The maximum atomic E-state index is 12.8. The van der Waals surface area contributed by atoms with E-state index >= 15 is 0 Å². The number of benzene rings is 2. The average Bonchev–Trinajstić information content (AvgIpc) is 3.28. The number of esters is 1. The van der Waals surface area contributed by atoms with Gasteiger partial charge in [0, 0.05) is 38.1 Å². The molecule has 1 aromatic heterocycles. The Labute approximate surface area is 181 Å². The molecule has 1 unspecified atom stereocenters. The van der Waals surface area contributed by atoms with E-state index in [2.05, 4.69) is 22.1 Å². The van der Waals surface area contributed by atoms with Gasteiger partial charge in [0.2, 0.25) is 0 Å². The van der Waals surface area contributed by atoms with Gasteiger partial charge < -0.3 is 14.5 Å². The summed E-state index contributed by atoms with van der Waals surface area (Å²) < 4.78 is 7.11. The second-order valence-electron chi connectivity index (χ2n) is 7.61. The second-order valence-corrected chi connectivity index (χ2v) is 7.61. The topological polar surface area (TPSA) is 67.7 Å². The van der Waals surface area contributed by atoms with Crippen molar-refractivity contribution in [3.05, 3.63) is 84.2 Å². The quantitative estimate of drug-likeness (QED) is 0.576. The summed E-state index contributed by atoms with van der Waals surface area (Å²) in [7, 11) is 0. The molecule has 1 amide bonds. The lowest BCUT2D eigenvalue weighted by atomic mass is 10.2. The van der Waals surface area contributed by atoms with Crippen molar-refractivity contribution in [1.82, 2.24) is 14.7 Å². The van der Waals surface area contributed by atoms with Gasteiger partial charge in [0.25, 0.3) is 5.91 Å². The summed E-state index contributed by atoms with van der Waals surface area (Å²) >= 11 is 0. The molecule has 0 N–H and O–H groups in total. The standard InChI is InChI=1S/C24H26N4O3/c1-19(23(29)27-14-12-26(13-15-27)22-10-6-3-7-11-22)31-24(30)21-16-25-28(18-21)17-20-8-4-2-5-9-20/h2-11,16,18-19H,12-15,17H2,1H3. The van der Waals surface area contributed by atoms with Gasteiger partial charge in [-0.15, -0.1) is 0 Å². The summed E-state index contributed by atoms with van der Waals surface area (Å²) in [6.07, 6.45) is 2.28. The molecule has 7 nitrogen and oxygen atoms in total. The van der Waals surface area contributed by atoms with Crippen LogP contribution in [-0.4, -0.2) is 58.8 Å². The number of aromatic nitrogens is 2. The Kier molecular flexibility index (Phi) is 6.31. The fourth-order valence-electron chi connectivity index (χ4n) is 3.69. The van der Waals surface area contributed by atoms with Crippen LogP contribution in [0.1, 0.15) is 22.8 Å². The van der Waals surface area contributed by atoms with Crippen LogP contribution in [0.4, 0.5) is 5.69 Å². The van der Waals surface area contributed by atoms with Crippen LogP contribution >= 0.6 is 0 Å². The second kappa shape index (κ2) is 9.47. The van der Waals surface area contributed by atoms with E-state index < -0.39 is 12.1 Å². The summed E-state index contributed by atoms with van der Waals surface area (Å²) in [5.41, 5.74) is 2.58. The van der Waals surface area contributed by atoms with Crippen LogP contribution in [0.3, 0.4) is 0 Å². The minimum atomic E-state index is -0.840. The highest BCUT2D eigenvalue weighted by molar-refractivity contribution is 5.91. The maximum absolute atomic E-state index is 12.8. The molecule has 2 heterocycles. The molecule has 1 saturated heterocycles. The Bertz CT molecular complexity index is 1010. The van der Waals surface area contributed by atoms with Crippen LogP contribution < -0.4 is 4.90 Å². The number of amides is 1. The SMILES string of the molecule is CC(OC(=O)c1cnn(Cc2ccccc2)c1)C(=O)N1CCN(c2ccccc2)CC1. The fraction of sp³-hybridized carbons (Fsp3) is 0.292. The van der Waals surface area contributed by atoms with Crippen molar-refractivity contribution >= 4 is 17.6 Å². The molecule has 1 fully saturated rings. The molecule has 4 rings (SSSR count). The predicted molar refractivity (Wildman–Crippen MR) is 118 cm³/mol. The molecule has 0 radical (unpaired) electrons. The van der Waals surface area contributed by atoms with E-state index in [-0.39, 0.29) is 5.91 Å². The Morgan fingerprint density at radius 2 is 1.61 bits per heavy atom. The van der Waals surface area contributed by atoms with Gasteiger partial charge in [-0.25, -0.2) is 4.79 Å². The third-order valence-electron chi connectivity index (χ3n) is 5.40. The van der Waals surface area contributed by atoms with Crippen LogP contribution in [0.5, 0.6) is 0 Å². The smallest absolute Gasteiger partial charge is 0.342 e. The third-order valence-corrected chi connectivity index (χ3v) is 5.40. The normalized spacial score (nSPS) is 14.9. The summed E-state index contributed by atoms with van der Waals surface area (Å²) in [6.45, 7) is 4.90. The molecule has 0 saturated carbocycles. The number of piperazine rings is 1. The molecular formula is C24H26N4O3. The minimum absolute atomic E-state index is 0.169. The van der Waals surface area contributed by atoms with Gasteiger partial charge in [0.05, 0.1) is 18.3 Å². The lowest BCUT2D eigenvalue weighted by molar-refractivity contribution is -0.140. The van der Waals surface area contributed by atoms with E-state index in [1.807, 2.05) is 48.5 Å². The highest BCUT2D eigenvalue weighted by Gasteiger charge is 2.28. The van der Waals surface area contributed by atoms with Crippen molar-refractivity contribution in [3.63, 3.8) is 0 Å². The van der Waals surface area contributed by atoms with Gasteiger partial charge in [-0.1, -0.05) is 48.5 Å². The number of para-hydroxylation sites is 1. The third kappa shape index (κ3) is 5.12. The number of hydrogen-bond acceptors (Lipinski definition) is 5. The van der Waals surface area contributed by atoms with E-state index in [4.69, 9.17) is 4.74 Å². The van der Waals surface area contributed by atoms with Crippen LogP contribution in [0, 0.1) is 0 Å². The molecule has 1 aliphatic heterocycles. The number of hydrogen-bond donors (Lipinski definition) is 0. The molecule has 0 bridgehead atoms. The molecule has 31 heavy (non-hydrogen) atoms. The Morgan fingerprint density at radius 1 is 0.968 bits per heavy atom. The van der Waals surface area contributed by atoms with Gasteiger partial charge in [-0.2, -0.15) is 5.10 Å². The lowest BCUT2D eigenvalue weighted by Crippen LogP contribution is -2.51. The number of rotatable bonds is 6. The fourth-order valence-corrected chi connectivity index (χ4v) is 3.69. The average molecular weight is 418 g/mol. The number of anilines is 1. The van der Waals surface area contributed by atoms with Crippen LogP contribution in [-0.2, 0) is 16.1 Å². The van der Waals surface area contributed by atoms with E-state index in [1.165, 1.54) is 6.20 Å². The van der Waals surface area contributed by atoms with Crippen LogP contribution in [0.2, 0.25) is 0 Å². The molecule has 0 aliphatic carbocycles. The molecule has 1 aliphatic rings. The van der Waals surface area contributed by atoms with Crippen molar-refractivity contribution < 1.29 is 14.3 Å². The molecule has 160 valence electrons. The highest BCUT2D eigenvalue weighted by Crippen LogP contribution is 2.16. The molecule has 3 aromatic rings. The first-order chi connectivity index (χ1) is 15.1. The molecule has 1 atom stereocenters. The Morgan fingerprint density at radius 3 is 2.29 bits per heavy atom. The van der Waals surface area contributed by atoms with Crippen molar-refractivity contribution in [3.8, 4) is 0 Å². The Balaban J connectivity index is 1.28. The Hall–Kier alpha value is -3.61. The first kappa shape index (κ1) is 20.7. The summed E-state index contributed by atoms with van der Waals surface area (Å²) in [5, 5.41) is 4.23. The monoisotopic (exact) mass is 418 g/mol. The predicted octanol–water partition coefficient (Wildman–Crippen LogP) is 2.83. The number of carbonyl (C=O) groups is 2. The lowest BCUT2D eigenvalue weighted by Gasteiger charge is -2.37. The molecule has 7 heteroatoms. The summed E-state index contributed by atoms with van der Waals surface area (Å²) in [5.74, 6) is -0.708. The number of carbonyl (C=O) groups excluding carboxylic acids is 2. The highest BCUT2D eigenvalue weighted by atomic mass is 16.5. The maximum Gasteiger partial charge on any atom is 0.342 e. The van der Waals surface area contributed by atoms with E-state index in [9.17, 15) is 9.59 Å². The van der Waals surface area contributed by atoms with Gasteiger partial charge in [0.1, 0.15) is 0 Å². The molecule has 2 aromatic carbocycles. The van der Waals surface area contributed by atoms with Gasteiger partial charge in [-0.05, 0) is 24.6 Å². The van der Waals surface area contributed by atoms with Gasteiger partial charge in [-0.3, -0.25) is 9.48 Å². The van der Waals surface area contributed by atoms with Crippen molar-refractivity contribution in [2.24, 2.45) is 0 Å². The van der Waals surface area contributed by atoms with Crippen LogP contribution in [0.25, 0.3) is 0 Å². The van der Waals surface area contributed by atoms with E-state index in [0.29, 0.717) is 25.2 Å². The van der Waals surface area contributed by atoms with Crippen molar-refractivity contribution in [1.29, 1.82) is 0 Å². The van der Waals surface area contributed by atoms with Crippen molar-refractivity contribution in [2.75, 3.05) is 31.1 Å². The minimum Gasteiger partial charge on any atom is -0.449 e. The zero-order valence-electron chi connectivity index (χ0n) is 17.6. The molecular weight excluding hydrogens is 392 g/mol. The van der Waals surface area contributed by atoms with E-state index in [1.54, 1.807) is 22.7 Å². The number of nitrogens with zero attached hydrogens (tertiary/aromatic N) is 4. The number of ether oxygens (including phenoxy) is 1. The van der Waals surface area contributed by atoms with Crippen LogP contribution in [0.15, 0.2) is 73.1 Å².